The number of likely N-dealkylation sites (tertiary alicyclic amines) is 1. The number of aliphatic hydroxyl groups excluding tert-OH is 1. The summed E-state index contributed by atoms with van der Waals surface area (Å²) in [6.07, 6.45) is -3.11. The van der Waals surface area contributed by atoms with Crippen LogP contribution in [0.5, 0.6) is 0 Å². The normalized spacial score (nSPS) is 19.3. The molecule has 0 bridgehead atoms. The number of nitrogens with zero attached hydrogens (tertiary/aromatic N) is 3. The lowest BCUT2D eigenvalue weighted by Gasteiger charge is -2.37. The molecule has 11 heteroatoms. The molecule has 0 spiro atoms. The molecule has 2 N–H and O–H groups in total. The van der Waals surface area contributed by atoms with Crippen LogP contribution in [0.3, 0.4) is 0 Å². The number of anilines is 2. The van der Waals surface area contributed by atoms with Crippen LogP contribution in [-0.4, -0.2) is 84.0 Å². The van der Waals surface area contributed by atoms with E-state index in [0.29, 0.717) is 24.6 Å². The number of benzene rings is 1. The predicted molar refractivity (Wildman–Crippen MR) is 139 cm³/mol. The van der Waals surface area contributed by atoms with Gasteiger partial charge in [-0.25, -0.2) is 4.79 Å². The molecule has 1 aromatic rings. The minimum Gasteiger partial charge on any atom is -0.444 e. The lowest BCUT2D eigenvalue weighted by atomic mass is 9.99. The smallest absolute Gasteiger partial charge is 0.418 e. The van der Waals surface area contributed by atoms with Gasteiger partial charge >= 0.3 is 12.3 Å². The summed E-state index contributed by atoms with van der Waals surface area (Å²) < 4.78 is 47.2. The highest BCUT2D eigenvalue weighted by Gasteiger charge is 2.36. The molecule has 2 aliphatic heterocycles. The number of hydrogen-bond donors (Lipinski definition) is 2. The van der Waals surface area contributed by atoms with E-state index in [4.69, 9.17) is 4.74 Å². The zero-order valence-corrected chi connectivity index (χ0v) is 22.9. The highest BCUT2D eigenvalue weighted by Crippen LogP contribution is 2.38. The number of nitrogens with one attached hydrogen (secondary N) is 1. The summed E-state index contributed by atoms with van der Waals surface area (Å²) in [5.74, 6) is 0.631. The molecule has 7 nitrogen and oxygen atoms in total. The summed E-state index contributed by atoms with van der Waals surface area (Å²) in [6, 6.07) is 4.25. The van der Waals surface area contributed by atoms with Gasteiger partial charge in [0.25, 0.3) is 0 Å². The fourth-order valence-corrected chi connectivity index (χ4v) is 5.19. The van der Waals surface area contributed by atoms with Crippen molar-refractivity contribution in [2.75, 3.05) is 61.4 Å². The van der Waals surface area contributed by atoms with Gasteiger partial charge in [0.1, 0.15) is 11.8 Å². The van der Waals surface area contributed by atoms with Gasteiger partial charge < -0.3 is 25.0 Å². The van der Waals surface area contributed by atoms with E-state index in [2.05, 4.69) is 21.2 Å². The molecular weight excluding hydrogens is 541 g/mol. The van der Waals surface area contributed by atoms with Gasteiger partial charge in [-0.05, 0) is 57.7 Å². The highest BCUT2D eigenvalue weighted by molar-refractivity contribution is 9.09. The minimum atomic E-state index is -4.52. The SMILES string of the molecule is CC(C)(C)OC(=O)N1CCN(c2ccc(NCCC(O)N3CCC(CBr)CC3)cc2C(F)(F)F)CC1. The largest absolute Gasteiger partial charge is 0.444 e. The first-order valence-electron chi connectivity index (χ1n) is 12.5. The Bertz CT molecular complexity index is 865. The van der Waals surface area contributed by atoms with Crippen LogP contribution in [0, 0.1) is 5.92 Å². The van der Waals surface area contributed by atoms with Crippen molar-refractivity contribution in [2.24, 2.45) is 5.92 Å². The lowest BCUT2D eigenvalue weighted by Crippen LogP contribution is -2.50. The molecule has 2 fully saturated rings. The third-order valence-electron chi connectivity index (χ3n) is 6.59. The molecule has 204 valence electrons. The molecule has 0 aromatic heterocycles. The summed E-state index contributed by atoms with van der Waals surface area (Å²) in [5.41, 5.74) is -0.869. The van der Waals surface area contributed by atoms with Crippen molar-refractivity contribution in [3.63, 3.8) is 0 Å². The van der Waals surface area contributed by atoms with Crippen LogP contribution in [0.15, 0.2) is 18.2 Å². The Kier molecular flexibility index (Phi) is 9.79. The van der Waals surface area contributed by atoms with Gasteiger partial charge in [0.05, 0.1) is 5.56 Å². The minimum absolute atomic E-state index is 0.103. The van der Waals surface area contributed by atoms with Gasteiger partial charge in [0.15, 0.2) is 0 Å². The maximum Gasteiger partial charge on any atom is 0.418 e. The fourth-order valence-electron chi connectivity index (χ4n) is 4.54. The molecule has 36 heavy (non-hydrogen) atoms. The number of piperazine rings is 1. The second kappa shape index (κ2) is 12.2. The van der Waals surface area contributed by atoms with Gasteiger partial charge in [-0.15, -0.1) is 0 Å². The molecule has 2 heterocycles. The van der Waals surface area contributed by atoms with Gasteiger partial charge in [0, 0.05) is 68.9 Å². The molecular formula is C25H38BrF3N4O3. The summed E-state index contributed by atoms with van der Waals surface area (Å²) in [6.45, 7) is 8.50. The molecule has 0 aliphatic carbocycles. The van der Waals surface area contributed by atoms with Gasteiger partial charge in [0.2, 0.25) is 0 Å². The number of amides is 1. The van der Waals surface area contributed by atoms with Gasteiger partial charge in [-0.1, -0.05) is 15.9 Å². The Morgan fingerprint density at radius 2 is 1.78 bits per heavy atom. The predicted octanol–water partition coefficient (Wildman–Crippen LogP) is 4.99. The fraction of sp³-hybridized carbons (Fsp3) is 0.720. The van der Waals surface area contributed by atoms with Crippen molar-refractivity contribution in [3.05, 3.63) is 23.8 Å². The quantitative estimate of drug-likeness (QED) is 0.444. The summed E-state index contributed by atoms with van der Waals surface area (Å²) >= 11 is 3.51. The Labute approximate surface area is 220 Å². The zero-order chi connectivity index (χ0) is 26.5. The van der Waals surface area contributed by atoms with E-state index in [1.165, 1.54) is 11.0 Å². The molecule has 0 saturated carbocycles. The van der Waals surface area contributed by atoms with Crippen LogP contribution in [0.25, 0.3) is 0 Å². The van der Waals surface area contributed by atoms with E-state index in [0.717, 1.165) is 37.3 Å². The van der Waals surface area contributed by atoms with Gasteiger partial charge in [-0.3, -0.25) is 4.90 Å². The Morgan fingerprint density at radius 1 is 1.14 bits per heavy atom. The molecule has 1 aromatic carbocycles. The van der Waals surface area contributed by atoms with E-state index in [9.17, 15) is 23.1 Å². The van der Waals surface area contributed by atoms with Gasteiger partial charge in [-0.2, -0.15) is 13.2 Å². The van der Waals surface area contributed by atoms with Crippen molar-refractivity contribution in [3.8, 4) is 0 Å². The van der Waals surface area contributed by atoms with E-state index >= 15 is 0 Å². The van der Waals surface area contributed by atoms with Crippen molar-refractivity contribution in [1.29, 1.82) is 0 Å². The second-order valence-electron chi connectivity index (χ2n) is 10.5. The maximum absolute atomic E-state index is 13.9. The number of carbonyl (C=O) groups is 1. The molecule has 1 amide bonds. The first-order chi connectivity index (χ1) is 16.9. The van der Waals surface area contributed by atoms with Crippen molar-refractivity contribution >= 4 is 33.4 Å². The topological polar surface area (TPSA) is 68.3 Å². The lowest BCUT2D eigenvalue weighted by molar-refractivity contribution is -0.137. The van der Waals surface area contributed by atoms with Crippen LogP contribution < -0.4 is 10.2 Å². The second-order valence-corrected chi connectivity index (χ2v) is 11.2. The number of halogens is 4. The molecule has 3 rings (SSSR count). The van der Waals surface area contributed by atoms with E-state index in [-0.39, 0.29) is 31.9 Å². The first kappa shape index (κ1) is 28.8. The number of piperidine rings is 1. The summed E-state index contributed by atoms with van der Waals surface area (Å²) in [4.78, 5) is 17.5. The monoisotopic (exact) mass is 578 g/mol. The Hall–Kier alpha value is -1.72. The maximum atomic E-state index is 13.9. The first-order valence-corrected chi connectivity index (χ1v) is 13.7. The average Bonchev–Trinajstić information content (AvgIpc) is 2.82. The van der Waals surface area contributed by atoms with Crippen molar-refractivity contribution in [1.82, 2.24) is 9.80 Å². The van der Waals surface area contributed by atoms with Crippen molar-refractivity contribution in [2.45, 2.75) is 58.0 Å². The number of alkyl halides is 4. The molecule has 2 aliphatic rings. The molecule has 2 saturated heterocycles. The summed E-state index contributed by atoms with van der Waals surface area (Å²) in [5, 5.41) is 14.5. The number of ether oxygens (including phenoxy) is 1. The highest BCUT2D eigenvalue weighted by atomic mass is 79.9. The Morgan fingerprint density at radius 3 is 2.33 bits per heavy atom. The average molecular weight is 580 g/mol. The number of carbonyl (C=O) groups excluding carboxylic acids is 1. The standard InChI is InChI=1S/C25H38BrF3N4O3/c1-24(2,3)36-23(35)33-14-12-31(13-15-33)21-5-4-19(16-20(21)25(27,28)29)30-9-6-22(34)32-10-7-18(17-26)8-11-32/h4-5,16,18,22,30,34H,6-15,17H2,1-3H3. The van der Waals surface area contributed by atoms with Crippen molar-refractivity contribution < 1.29 is 27.8 Å². The Balaban J connectivity index is 1.57. The van der Waals surface area contributed by atoms with Crippen LogP contribution in [0.4, 0.5) is 29.3 Å². The number of rotatable bonds is 7. The summed E-state index contributed by atoms with van der Waals surface area (Å²) in [7, 11) is 0. The number of aliphatic hydroxyl groups is 1. The van der Waals surface area contributed by atoms with Crippen LogP contribution >= 0.6 is 15.9 Å². The zero-order valence-electron chi connectivity index (χ0n) is 21.3. The third-order valence-corrected chi connectivity index (χ3v) is 7.51. The molecule has 1 atom stereocenters. The van der Waals surface area contributed by atoms with E-state index in [1.807, 2.05) is 4.90 Å². The van der Waals surface area contributed by atoms with E-state index in [1.54, 1.807) is 31.7 Å². The van der Waals surface area contributed by atoms with E-state index < -0.39 is 29.7 Å². The molecule has 1 unspecified atom stereocenters. The van der Waals surface area contributed by atoms with Crippen LogP contribution in [-0.2, 0) is 10.9 Å². The van der Waals surface area contributed by atoms with Crippen LogP contribution in [0.1, 0.15) is 45.6 Å². The van der Waals surface area contributed by atoms with Crippen LogP contribution in [0.2, 0.25) is 0 Å². The third kappa shape index (κ3) is 8.14. The number of hydrogen-bond acceptors (Lipinski definition) is 6. The molecule has 0 radical (unpaired) electrons.